The van der Waals surface area contributed by atoms with Gasteiger partial charge in [0.15, 0.2) is 5.78 Å². The number of carbonyl (C=O) groups excluding carboxylic acids is 2. The van der Waals surface area contributed by atoms with E-state index in [9.17, 15) is 9.59 Å². The number of dihydropyridines is 1. The Labute approximate surface area is 163 Å². The second-order valence-electron chi connectivity index (χ2n) is 7.37. The van der Waals surface area contributed by atoms with Crippen molar-refractivity contribution in [3.63, 3.8) is 0 Å². The summed E-state index contributed by atoms with van der Waals surface area (Å²) in [7, 11) is 1.34. The molecule has 1 heterocycles. The first kappa shape index (κ1) is 19.0. The largest absolute Gasteiger partial charge is 0.466 e. The van der Waals surface area contributed by atoms with Gasteiger partial charge < -0.3 is 10.1 Å². The van der Waals surface area contributed by atoms with Crippen molar-refractivity contribution in [3.8, 4) is 0 Å². The maximum absolute atomic E-state index is 13.2. The zero-order valence-electron chi connectivity index (χ0n) is 15.2. The molecule has 0 spiro atoms. The lowest BCUT2D eigenvalue weighted by molar-refractivity contribution is -0.136. The van der Waals surface area contributed by atoms with E-state index in [1.165, 1.54) is 7.11 Å². The number of allylic oxidation sites excluding steroid dienone is 3. The monoisotopic (exact) mass is 393 g/mol. The van der Waals surface area contributed by atoms with Gasteiger partial charge in [-0.05, 0) is 37.5 Å². The lowest BCUT2D eigenvalue weighted by Crippen LogP contribution is -2.40. The molecule has 3 rings (SSSR count). The highest BCUT2D eigenvalue weighted by Crippen LogP contribution is 2.47. The third-order valence-corrected chi connectivity index (χ3v) is 5.93. The lowest BCUT2D eigenvalue weighted by Gasteiger charge is -2.39. The van der Waals surface area contributed by atoms with Gasteiger partial charge in [-0.15, -0.1) is 0 Å². The summed E-state index contributed by atoms with van der Waals surface area (Å²) >= 11 is 12.3. The predicted octanol–water partition coefficient (Wildman–Crippen LogP) is 4.77. The fraction of sp³-hybridized carbons (Fsp3) is 0.400. The summed E-state index contributed by atoms with van der Waals surface area (Å²) in [6.07, 6.45) is 1.50. The molecular formula is C20H21Cl2NO3. The minimum absolute atomic E-state index is 0.0382. The number of ether oxygens (including phenoxy) is 1. The van der Waals surface area contributed by atoms with Crippen LogP contribution in [0.25, 0.3) is 0 Å². The molecule has 0 amide bonds. The highest BCUT2D eigenvalue weighted by molar-refractivity contribution is 6.42. The molecule has 1 atom stereocenters. The van der Waals surface area contributed by atoms with Gasteiger partial charge in [0.1, 0.15) is 0 Å². The maximum atomic E-state index is 13.2. The normalized spacial score (nSPS) is 22.1. The predicted molar refractivity (Wildman–Crippen MR) is 102 cm³/mol. The lowest BCUT2D eigenvalue weighted by atomic mass is 9.67. The van der Waals surface area contributed by atoms with Crippen molar-refractivity contribution in [1.29, 1.82) is 0 Å². The molecule has 1 unspecified atom stereocenters. The topological polar surface area (TPSA) is 55.4 Å². The molecule has 26 heavy (non-hydrogen) atoms. The number of hydrogen-bond donors (Lipinski definition) is 1. The Balaban J connectivity index is 2.24. The molecule has 0 bridgehead atoms. The van der Waals surface area contributed by atoms with Crippen LogP contribution in [0.1, 0.15) is 45.1 Å². The van der Waals surface area contributed by atoms with Crippen molar-refractivity contribution in [2.75, 3.05) is 7.11 Å². The standard InChI is InChI=1S/C20H21Cl2NO3/c1-10-15(19(25)26-4)16(11-5-6-12(21)13(22)9-11)17-14(23-10)7-8-20(2,3)18(17)24/h5-6,9,16,23H,7-8H2,1-4H3. The fourth-order valence-corrected chi connectivity index (χ4v) is 3.99. The van der Waals surface area contributed by atoms with E-state index in [0.717, 1.165) is 24.1 Å². The molecular weight excluding hydrogens is 373 g/mol. The number of hydrogen-bond acceptors (Lipinski definition) is 4. The Morgan fingerprint density at radius 1 is 1.27 bits per heavy atom. The first-order chi connectivity index (χ1) is 12.2. The molecule has 1 aliphatic carbocycles. The number of esters is 1. The molecule has 1 aromatic rings. The van der Waals surface area contributed by atoms with E-state index >= 15 is 0 Å². The summed E-state index contributed by atoms with van der Waals surface area (Å²) in [4.78, 5) is 25.8. The summed E-state index contributed by atoms with van der Waals surface area (Å²) in [5.41, 5.74) is 2.87. The van der Waals surface area contributed by atoms with E-state index in [4.69, 9.17) is 27.9 Å². The molecule has 0 fully saturated rings. The van der Waals surface area contributed by atoms with Crippen LogP contribution >= 0.6 is 23.2 Å². The number of carbonyl (C=O) groups is 2. The molecule has 6 heteroatoms. The molecule has 2 aliphatic rings. The van der Waals surface area contributed by atoms with E-state index in [-0.39, 0.29) is 5.78 Å². The van der Waals surface area contributed by atoms with Crippen LogP contribution in [0.5, 0.6) is 0 Å². The fourth-order valence-electron chi connectivity index (χ4n) is 3.68. The van der Waals surface area contributed by atoms with Crippen molar-refractivity contribution in [3.05, 3.63) is 56.3 Å². The molecule has 4 nitrogen and oxygen atoms in total. The highest BCUT2D eigenvalue weighted by atomic mass is 35.5. The molecule has 1 N–H and O–H groups in total. The first-order valence-corrected chi connectivity index (χ1v) is 9.22. The van der Waals surface area contributed by atoms with Crippen molar-refractivity contribution in [1.82, 2.24) is 5.32 Å². The van der Waals surface area contributed by atoms with Crippen molar-refractivity contribution < 1.29 is 14.3 Å². The molecule has 0 radical (unpaired) electrons. The van der Waals surface area contributed by atoms with Crippen LogP contribution in [0.3, 0.4) is 0 Å². The Morgan fingerprint density at radius 2 is 1.96 bits per heavy atom. The third kappa shape index (κ3) is 3.06. The molecule has 138 valence electrons. The van der Waals surface area contributed by atoms with Gasteiger partial charge >= 0.3 is 5.97 Å². The summed E-state index contributed by atoms with van der Waals surface area (Å²) in [6, 6.07) is 5.21. The minimum atomic E-state index is -0.527. The highest BCUT2D eigenvalue weighted by Gasteiger charge is 2.44. The second kappa shape index (κ2) is 6.75. The van der Waals surface area contributed by atoms with Crippen molar-refractivity contribution >= 4 is 35.0 Å². The Hall–Kier alpha value is -1.78. The number of nitrogens with one attached hydrogen (secondary N) is 1. The van der Waals surface area contributed by atoms with Crippen LogP contribution in [0.2, 0.25) is 10.0 Å². The van der Waals surface area contributed by atoms with Crippen molar-refractivity contribution in [2.45, 2.75) is 39.5 Å². The van der Waals surface area contributed by atoms with E-state index < -0.39 is 17.3 Å². The van der Waals surface area contributed by atoms with E-state index in [2.05, 4.69) is 5.32 Å². The number of Topliss-reactive ketones (excluding diaryl/α,β-unsaturated/α-hetero) is 1. The molecule has 0 aromatic heterocycles. The molecule has 1 aliphatic heterocycles. The third-order valence-electron chi connectivity index (χ3n) is 5.19. The smallest absolute Gasteiger partial charge is 0.336 e. The molecule has 0 saturated heterocycles. The van der Waals surface area contributed by atoms with Gasteiger partial charge in [-0.25, -0.2) is 4.79 Å². The molecule has 1 aromatic carbocycles. The van der Waals surface area contributed by atoms with Gasteiger partial charge in [-0.3, -0.25) is 4.79 Å². The first-order valence-electron chi connectivity index (χ1n) is 8.46. The average molecular weight is 394 g/mol. The van der Waals surface area contributed by atoms with Gasteiger partial charge in [0.05, 0.1) is 22.7 Å². The Bertz CT molecular complexity index is 868. The number of benzene rings is 1. The van der Waals surface area contributed by atoms with Crippen LogP contribution in [0, 0.1) is 5.41 Å². The minimum Gasteiger partial charge on any atom is -0.466 e. The van der Waals surface area contributed by atoms with Crippen LogP contribution in [0.15, 0.2) is 40.7 Å². The van der Waals surface area contributed by atoms with Gasteiger partial charge in [0.25, 0.3) is 0 Å². The van der Waals surface area contributed by atoms with Crippen LogP contribution in [0.4, 0.5) is 0 Å². The van der Waals surface area contributed by atoms with Gasteiger partial charge in [0, 0.05) is 28.3 Å². The molecule has 0 saturated carbocycles. The van der Waals surface area contributed by atoms with Crippen LogP contribution in [-0.2, 0) is 14.3 Å². The van der Waals surface area contributed by atoms with E-state index in [0.29, 0.717) is 26.9 Å². The van der Waals surface area contributed by atoms with Gasteiger partial charge in [-0.1, -0.05) is 43.1 Å². The van der Waals surface area contributed by atoms with Crippen LogP contribution < -0.4 is 5.32 Å². The van der Waals surface area contributed by atoms with Crippen molar-refractivity contribution in [2.24, 2.45) is 5.41 Å². The zero-order valence-corrected chi connectivity index (χ0v) is 16.7. The number of methoxy groups -OCH3 is 1. The van der Waals surface area contributed by atoms with E-state index in [1.54, 1.807) is 18.2 Å². The quantitative estimate of drug-likeness (QED) is 0.735. The SMILES string of the molecule is COC(=O)C1=C(C)NC2=C(C(=O)C(C)(C)CC2)C1c1ccc(Cl)c(Cl)c1. The van der Waals surface area contributed by atoms with Crippen LogP contribution in [-0.4, -0.2) is 18.9 Å². The number of ketones is 1. The van der Waals surface area contributed by atoms with Gasteiger partial charge in [0.2, 0.25) is 0 Å². The number of rotatable bonds is 2. The zero-order chi connectivity index (χ0) is 19.2. The summed E-state index contributed by atoms with van der Waals surface area (Å²) in [6.45, 7) is 5.70. The summed E-state index contributed by atoms with van der Waals surface area (Å²) in [5.74, 6) is -0.953. The summed E-state index contributed by atoms with van der Waals surface area (Å²) in [5, 5.41) is 4.06. The Kier molecular flexibility index (Phi) is 4.93. The Morgan fingerprint density at radius 3 is 2.58 bits per heavy atom. The maximum Gasteiger partial charge on any atom is 0.336 e. The summed E-state index contributed by atoms with van der Waals surface area (Å²) < 4.78 is 5.00. The number of halogens is 2. The van der Waals surface area contributed by atoms with E-state index in [1.807, 2.05) is 20.8 Å². The van der Waals surface area contributed by atoms with Gasteiger partial charge in [-0.2, -0.15) is 0 Å². The average Bonchev–Trinajstić information content (AvgIpc) is 2.59. The second-order valence-corrected chi connectivity index (χ2v) is 8.18.